The summed E-state index contributed by atoms with van der Waals surface area (Å²) in [4.78, 5) is 31.8. The molecule has 0 radical (unpaired) electrons. The van der Waals surface area contributed by atoms with Gasteiger partial charge in [0.05, 0.1) is 16.7 Å². The number of carbonyl (C=O) groups excluding carboxylic acids is 1. The van der Waals surface area contributed by atoms with Gasteiger partial charge in [0, 0.05) is 18.2 Å². The Labute approximate surface area is 195 Å². The molecule has 0 aliphatic carbocycles. The number of para-hydroxylation sites is 1. The van der Waals surface area contributed by atoms with Gasteiger partial charge in [0.1, 0.15) is 5.56 Å². The number of nitrogens with one attached hydrogen (secondary N) is 2. The first-order valence-electron chi connectivity index (χ1n) is 10.7. The van der Waals surface area contributed by atoms with Gasteiger partial charge in [-0.2, -0.15) is 0 Å². The Bertz CT molecular complexity index is 1500. The maximum atomic E-state index is 12.8. The van der Waals surface area contributed by atoms with E-state index in [4.69, 9.17) is 12.2 Å². The van der Waals surface area contributed by atoms with E-state index in [0.717, 1.165) is 21.7 Å². The van der Waals surface area contributed by atoms with E-state index in [1.165, 1.54) is 4.57 Å². The molecule has 0 unspecified atom stereocenters. The average Bonchev–Trinajstić information content (AvgIpc) is 3.15. The Balaban J connectivity index is 1.82. The van der Waals surface area contributed by atoms with E-state index in [0.29, 0.717) is 30.8 Å². The Kier molecular flexibility index (Phi) is 6.37. The van der Waals surface area contributed by atoms with Crippen LogP contribution in [0.1, 0.15) is 30.9 Å². The van der Waals surface area contributed by atoms with Gasteiger partial charge in [-0.3, -0.25) is 19.1 Å². The van der Waals surface area contributed by atoms with E-state index in [1.807, 2.05) is 55.5 Å². The third kappa shape index (κ3) is 4.56. The van der Waals surface area contributed by atoms with Crippen molar-refractivity contribution >= 4 is 29.8 Å². The van der Waals surface area contributed by atoms with Crippen molar-refractivity contribution in [3.05, 3.63) is 91.1 Å². The zero-order chi connectivity index (χ0) is 23.5. The average molecular weight is 461 g/mol. The molecule has 33 heavy (non-hydrogen) atoms. The summed E-state index contributed by atoms with van der Waals surface area (Å²) in [5.74, 6) is -0.288. The number of H-pyrrole nitrogens is 1. The van der Waals surface area contributed by atoms with Crippen LogP contribution in [0.5, 0.6) is 5.88 Å². The molecule has 3 aromatic rings. The van der Waals surface area contributed by atoms with Crippen LogP contribution in [-0.2, 0) is 4.79 Å². The van der Waals surface area contributed by atoms with E-state index in [2.05, 4.69) is 15.3 Å². The first-order valence-corrected chi connectivity index (χ1v) is 11.1. The predicted molar refractivity (Wildman–Crippen MR) is 130 cm³/mol. The summed E-state index contributed by atoms with van der Waals surface area (Å²) in [6.45, 7) is 4.21. The van der Waals surface area contributed by atoms with Gasteiger partial charge in [0.15, 0.2) is 4.77 Å². The Hall–Kier alpha value is -3.78. The normalized spacial score (nSPS) is 13.6. The van der Waals surface area contributed by atoms with Crippen LogP contribution in [-0.4, -0.2) is 27.1 Å². The highest BCUT2D eigenvalue weighted by molar-refractivity contribution is 7.71. The fraction of sp³-hybridized carbons (Fsp3) is 0.200. The molecule has 2 aromatic carbocycles. The second-order valence-electron chi connectivity index (χ2n) is 7.76. The zero-order valence-electron chi connectivity index (χ0n) is 18.4. The molecule has 168 valence electrons. The van der Waals surface area contributed by atoms with Gasteiger partial charge < -0.3 is 10.4 Å². The number of hydrogen-bond acceptors (Lipinski definition) is 5. The van der Waals surface area contributed by atoms with Crippen molar-refractivity contribution in [2.24, 2.45) is 4.99 Å². The molecule has 4 rings (SSSR count). The largest absolute Gasteiger partial charge is 0.494 e. The molecule has 0 saturated heterocycles. The number of benzene rings is 2. The van der Waals surface area contributed by atoms with E-state index in [-0.39, 0.29) is 22.1 Å². The van der Waals surface area contributed by atoms with E-state index < -0.39 is 5.56 Å². The highest BCUT2D eigenvalue weighted by Crippen LogP contribution is 2.25. The fourth-order valence-electron chi connectivity index (χ4n) is 3.73. The van der Waals surface area contributed by atoms with Gasteiger partial charge in [-0.15, -0.1) is 0 Å². The maximum Gasteiger partial charge on any atom is 0.262 e. The molecule has 0 fully saturated rings. The van der Waals surface area contributed by atoms with Gasteiger partial charge in [-0.25, -0.2) is 4.99 Å². The smallest absolute Gasteiger partial charge is 0.262 e. The number of rotatable bonds is 6. The summed E-state index contributed by atoms with van der Waals surface area (Å²) in [7, 11) is 0. The summed E-state index contributed by atoms with van der Waals surface area (Å²) < 4.78 is 1.52. The van der Waals surface area contributed by atoms with Crippen LogP contribution in [0.4, 0.5) is 0 Å². The summed E-state index contributed by atoms with van der Waals surface area (Å²) in [6.07, 6.45) is 2.52. The number of amides is 1. The summed E-state index contributed by atoms with van der Waals surface area (Å²) in [5.41, 5.74) is 2.72. The van der Waals surface area contributed by atoms with Crippen LogP contribution in [0.2, 0.25) is 0 Å². The van der Waals surface area contributed by atoms with Gasteiger partial charge in [0.25, 0.3) is 5.56 Å². The monoisotopic (exact) mass is 460 g/mol. The number of aryl methyl sites for hydroxylation is 1. The zero-order valence-corrected chi connectivity index (χ0v) is 19.2. The molecule has 2 heterocycles. The van der Waals surface area contributed by atoms with Crippen LogP contribution < -0.4 is 21.5 Å². The van der Waals surface area contributed by atoms with Crippen molar-refractivity contribution in [3.63, 3.8) is 0 Å². The number of aromatic amines is 1. The van der Waals surface area contributed by atoms with Crippen molar-refractivity contribution in [1.29, 1.82) is 0 Å². The highest BCUT2D eigenvalue weighted by atomic mass is 32.1. The van der Waals surface area contributed by atoms with Crippen LogP contribution in [0, 0.1) is 11.7 Å². The maximum absolute atomic E-state index is 12.8. The molecular formula is C25H24N4O3S. The minimum absolute atomic E-state index is 0.0291. The van der Waals surface area contributed by atoms with Crippen molar-refractivity contribution in [2.75, 3.05) is 6.54 Å². The van der Waals surface area contributed by atoms with Crippen molar-refractivity contribution in [1.82, 2.24) is 14.9 Å². The lowest BCUT2D eigenvalue weighted by Crippen LogP contribution is -2.26. The fourth-order valence-corrected chi connectivity index (χ4v) is 4.02. The minimum Gasteiger partial charge on any atom is -0.494 e. The van der Waals surface area contributed by atoms with Crippen molar-refractivity contribution in [3.8, 4) is 11.6 Å². The van der Waals surface area contributed by atoms with Crippen molar-refractivity contribution < 1.29 is 9.90 Å². The molecule has 1 aromatic heterocycles. The predicted octanol–water partition coefficient (Wildman–Crippen LogP) is 2.65. The van der Waals surface area contributed by atoms with E-state index in [1.54, 1.807) is 13.0 Å². The molecule has 1 amide bonds. The second kappa shape index (κ2) is 9.38. The standard InChI is InChI=1S/C25H24N4O3S/c1-3-22(30)26-13-12-18-17-6-4-5-7-20(17)27-21(18)14-19-23(31)28-25(33)29(24(19)32)16-10-8-15(2)9-11-16/h4-11,14,32H,3,12-13H2,1-2H3,(H,26,30)(H,28,31,33)/b21-14-. The van der Waals surface area contributed by atoms with E-state index >= 15 is 0 Å². The van der Waals surface area contributed by atoms with Gasteiger partial charge in [-0.1, -0.05) is 42.8 Å². The molecule has 7 nitrogen and oxygen atoms in total. The summed E-state index contributed by atoms with van der Waals surface area (Å²) in [6, 6.07) is 15.1. The van der Waals surface area contributed by atoms with Gasteiger partial charge >= 0.3 is 0 Å². The van der Waals surface area contributed by atoms with Crippen molar-refractivity contribution in [2.45, 2.75) is 26.7 Å². The Morgan fingerprint density at radius 1 is 1.21 bits per heavy atom. The van der Waals surface area contributed by atoms with Crippen LogP contribution in [0.3, 0.4) is 0 Å². The number of aromatic nitrogens is 2. The molecule has 8 heteroatoms. The lowest BCUT2D eigenvalue weighted by atomic mass is 10.1. The second-order valence-corrected chi connectivity index (χ2v) is 8.14. The lowest BCUT2D eigenvalue weighted by molar-refractivity contribution is -0.120. The summed E-state index contributed by atoms with van der Waals surface area (Å²) >= 11 is 5.32. The molecule has 0 spiro atoms. The SMILES string of the molecule is CCC(=O)NCCC1=c2ccccc2=N/C1=C\c1c(O)n(-c2ccc(C)cc2)c(=S)[nH]c1=O. The highest BCUT2D eigenvalue weighted by Gasteiger charge is 2.18. The first kappa shape index (κ1) is 22.4. The molecule has 0 atom stereocenters. The molecule has 0 bridgehead atoms. The Morgan fingerprint density at radius 2 is 1.94 bits per heavy atom. The number of carbonyl (C=O) groups is 1. The minimum atomic E-state index is -0.502. The molecule has 0 saturated carbocycles. The topological polar surface area (TPSA) is 99.5 Å². The number of fused-ring (bicyclic) bond motifs is 1. The van der Waals surface area contributed by atoms with Crippen LogP contribution >= 0.6 is 12.2 Å². The molecule has 1 aliphatic heterocycles. The number of aromatic hydroxyl groups is 1. The third-order valence-corrected chi connectivity index (χ3v) is 5.78. The van der Waals surface area contributed by atoms with E-state index in [9.17, 15) is 14.7 Å². The van der Waals surface area contributed by atoms with Gasteiger partial charge in [0.2, 0.25) is 11.8 Å². The number of hydrogen-bond donors (Lipinski definition) is 3. The molecular weight excluding hydrogens is 436 g/mol. The molecule has 1 aliphatic rings. The lowest BCUT2D eigenvalue weighted by Gasteiger charge is -2.12. The third-order valence-electron chi connectivity index (χ3n) is 5.49. The van der Waals surface area contributed by atoms with Crippen LogP contribution in [0.25, 0.3) is 17.3 Å². The molecule has 3 N–H and O–H groups in total. The van der Waals surface area contributed by atoms with Crippen LogP contribution in [0.15, 0.2) is 64.0 Å². The number of nitrogens with zero attached hydrogens (tertiary/aromatic N) is 2. The summed E-state index contributed by atoms with van der Waals surface area (Å²) in [5, 5.41) is 15.6. The Morgan fingerprint density at radius 3 is 2.67 bits per heavy atom. The first-order chi connectivity index (χ1) is 15.9. The quantitative estimate of drug-likeness (QED) is 0.493. The number of allylic oxidation sites excluding steroid dienone is 1. The van der Waals surface area contributed by atoms with Gasteiger partial charge in [-0.05, 0) is 55.4 Å².